The molecule has 2 N–H and O–H groups in total. The molecule has 2 aromatic rings. The lowest BCUT2D eigenvalue weighted by Crippen LogP contribution is -2.39. The molecule has 1 aromatic carbocycles. The Kier molecular flexibility index (Phi) is 4.30. The summed E-state index contributed by atoms with van der Waals surface area (Å²) in [5, 5.41) is 5.49. The lowest BCUT2D eigenvalue weighted by Gasteiger charge is -2.25. The van der Waals surface area contributed by atoms with Crippen LogP contribution in [0.4, 0.5) is 10.6 Å². The van der Waals surface area contributed by atoms with Gasteiger partial charge < -0.3 is 5.32 Å². The van der Waals surface area contributed by atoms with E-state index in [0.717, 1.165) is 0 Å². The van der Waals surface area contributed by atoms with Gasteiger partial charge in [0, 0.05) is 24.4 Å². The Balaban J connectivity index is 1.90. The fraction of sp³-hybridized carbons (Fsp3) is 0.267. The second-order valence-electron chi connectivity index (χ2n) is 5.15. The van der Waals surface area contributed by atoms with Crippen LogP contribution in [-0.2, 0) is 5.41 Å². The maximum absolute atomic E-state index is 11.8. The Labute approximate surface area is 118 Å². The quantitative estimate of drug-likeness (QED) is 0.897. The molecule has 0 saturated carbocycles. The van der Waals surface area contributed by atoms with Crippen LogP contribution >= 0.6 is 0 Å². The lowest BCUT2D eigenvalue weighted by molar-refractivity contribution is 0.249. The van der Waals surface area contributed by atoms with Crippen LogP contribution in [0.15, 0.2) is 48.9 Å². The number of amides is 2. The molecule has 0 aliphatic rings. The smallest absolute Gasteiger partial charge is 0.320 e. The second-order valence-corrected chi connectivity index (χ2v) is 5.15. The number of anilines is 1. The van der Waals surface area contributed by atoms with Gasteiger partial charge in [0.05, 0.1) is 6.20 Å². The van der Waals surface area contributed by atoms with Crippen molar-refractivity contribution in [1.29, 1.82) is 0 Å². The fourth-order valence-electron chi connectivity index (χ4n) is 1.82. The predicted octanol–water partition coefficient (Wildman–Crippen LogP) is 2.58. The van der Waals surface area contributed by atoms with Gasteiger partial charge in [0.1, 0.15) is 0 Å². The monoisotopic (exact) mass is 270 g/mol. The third-order valence-electron chi connectivity index (χ3n) is 3.05. The zero-order valence-corrected chi connectivity index (χ0v) is 11.6. The van der Waals surface area contributed by atoms with Gasteiger partial charge in [-0.25, -0.2) is 9.78 Å². The van der Waals surface area contributed by atoms with Gasteiger partial charge in [-0.05, 0) is 5.56 Å². The van der Waals surface area contributed by atoms with E-state index in [-0.39, 0.29) is 11.4 Å². The zero-order valence-electron chi connectivity index (χ0n) is 11.6. The molecule has 5 nitrogen and oxygen atoms in total. The molecule has 20 heavy (non-hydrogen) atoms. The summed E-state index contributed by atoms with van der Waals surface area (Å²) in [6, 6.07) is 9.81. The van der Waals surface area contributed by atoms with E-state index in [9.17, 15) is 4.79 Å². The molecular formula is C15H18N4O. The lowest BCUT2D eigenvalue weighted by atomic mass is 9.85. The Hall–Kier alpha value is -2.43. The van der Waals surface area contributed by atoms with Crippen LogP contribution in [0, 0.1) is 0 Å². The van der Waals surface area contributed by atoms with E-state index >= 15 is 0 Å². The van der Waals surface area contributed by atoms with Crippen molar-refractivity contribution in [3.05, 3.63) is 54.5 Å². The summed E-state index contributed by atoms with van der Waals surface area (Å²) >= 11 is 0. The molecule has 0 fully saturated rings. The zero-order chi connectivity index (χ0) is 14.4. The van der Waals surface area contributed by atoms with Crippen LogP contribution < -0.4 is 10.6 Å². The number of urea groups is 1. The molecule has 0 radical (unpaired) electrons. The Morgan fingerprint density at radius 2 is 1.95 bits per heavy atom. The van der Waals surface area contributed by atoms with Gasteiger partial charge in [0.15, 0.2) is 5.82 Å². The maximum atomic E-state index is 11.8. The molecule has 0 aliphatic heterocycles. The summed E-state index contributed by atoms with van der Waals surface area (Å²) in [7, 11) is 0. The highest BCUT2D eigenvalue weighted by Gasteiger charge is 2.21. The number of benzene rings is 1. The number of nitrogens with zero attached hydrogens (tertiary/aromatic N) is 2. The topological polar surface area (TPSA) is 66.9 Å². The first-order chi connectivity index (χ1) is 9.58. The van der Waals surface area contributed by atoms with E-state index in [0.29, 0.717) is 12.4 Å². The van der Waals surface area contributed by atoms with Crippen molar-refractivity contribution in [3.8, 4) is 0 Å². The first-order valence-corrected chi connectivity index (χ1v) is 6.44. The van der Waals surface area contributed by atoms with Crippen molar-refractivity contribution in [2.45, 2.75) is 19.3 Å². The van der Waals surface area contributed by atoms with E-state index in [1.54, 1.807) is 6.20 Å². The van der Waals surface area contributed by atoms with Crippen LogP contribution in [0.5, 0.6) is 0 Å². The highest BCUT2D eigenvalue weighted by Crippen LogP contribution is 2.21. The fourth-order valence-corrected chi connectivity index (χ4v) is 1.82. The van der Waals surface area contributed by atoms with Gasteiger partial charge in [-0.3, -0.25) is 10.3 Å². The molecule has 5 heteroatoms. The molecule has 0 aliphatic carbocycles. The van der Waals surface area contributed by atoms with Gasteiger partial charge >= 0.3 is 6.03 Å². The van der Waals surface area contributed by atoms with Gasteiger partial charge in [-0.15, -0.1) is 0 Å². The normalized spacial score (nSPS) is 10.9. The molecule has 0 saturated heterocycles. The number of hydrogen-bond donors (Lipinski definition) is 2. The molecule has 0 atom stereocenters. The molecule has 0 unspecified atom stereocenters. The molecule has 1 aromatic heterocycles. The number of aromatic nitrogens is 2. The maximum Gasteiger partial charge on any atom is 0.320 e. The molecule has 104 valence electrons. The van der Waals surface area contributed by atoms with E-state index in [1.165, 1.54) is 18.0 Å². The summed E-state index contributed by atoms with van der Waals surface area (Å²) in [6.07, 6.45) is 4.59. The van der Waals surface area contributed by atoms with E-state index in [2.05, 4.69) is 46.6 Å². The van der Waals surface area contributed by atoms with Crippen LogP contribution in [0.1, 0.15) is 19.4 Å². The Morgan fingerprint density at radius 1 is 1.20 bits per heavy atom. The minimum atomic E-state index is -0.283. The molecule has 0 bridgehead atoms. The van der Waals surface area contributed by atoms with Crippen molar-refractivity contribution in [2.24, 2.45) is 0 Å². The van der Waals surface area contributed by atoms with Gasteiger partial charge in [0.2, 0.25) is 0 Å². The number of rotatable bonds is 4. The number of carbonyl (C=O) groups excluding carboxylic acids is 1. The summed E-state index contributed by atoms with van der Waals surface area (Å²) in [5.41, 5.74) is 1.04. The first kappa shape index (κ1) is 14.0. The van der Waals surface area contributed by atoms with Crippen molar-refractivity contribution >= 4 is 11.8 Å². The largest absolute Gasteiger partial charge is 0.337 e. The first-order valence-electron chi connectivity index (χ1n) is 6.44. The summed E-state index contributed by atoms with van der Waals surface area (Å²) < 4.78 is 0. The number of carbonyl (C=O) groups is 1. The van der Waals surface area contributed by atoms with E-state index in [1.807, 2.05) is 18.2 Å². The SMILES string of the molecule is CC(C)(CNC(=O)Nc1cnccn1)c1ccccc1. The van der Waals surface area contributed by atoms with Crippen LogP contribution in [0.25, 0.3) is 0 Å². The van der Waals surface area contributed by atoms with Crippen LogP contribution in [0.3, 0.4) is 0 Å². The second kappa shape index (κ2) is 6.14. The Bertz CT molecular complexity index is 555. The average molecular weight is 270 g/mol. The number of hydrogen-bond acceptors (Lipinski definition) is 3. The van der Waals surface area contributed by atoms with E-state index in [4.69, 9.17) is 0 Å². The minimum Gasteiger partial charge on any atom is -0.337 e. The highest BCUT2D eigenvalue weighted by atomic mass is 16.2. The van der Waals surface area contributed by atoms with Gasteiger partial charge in [-0.1, -0.05) is 44.2 Å². The summed E-state index contributed by atoms with van der Waals surface area (Å²) in [6.45, 7) is 4.71. The van der Waals surface area contributed by atoms with Crippen molar-refractivity contribution in [3.63, 3.8) is 0 Å². The van der Waals surface area contributed by atoms with Gasteiger partial charge in [-0.2, -0.15) is 0 Å². The summed E-state index contributed by atoms with van der Waals surface area (Å²) in [4.78, 5) is 19.7. The molecule has 0 spiro atoms. The Morgan fingerprint density at radius 3 is 2.60 bits per heavy atom. The van der Waals surface area contributed by atoms with Gasteiger partial charge in [0.25, 0.3) is 0 Å². The minimum absolute atomic E-state index is 0.138. The molecule has 1 heterocycles. The molecule has 2 amide bonds. The average Bonchev–Trinajstić information content (AvgIpc) is 2.47. The third kappa shape index (κ3) is 3.78. The van der Waals surface area contributed by atoms with Crippen LogP contribution in [0.2, 0.25) is 0 Å². The number of nitrogens with one attached hydrogen (secondary N) is 2. The standard InChI is InChI=1S/C15H18N4O/c1-15(2,12-6-4-3-5-7-12)11-18-14(20)19-13-10-16-8-9-17-13/h3-10H,11H2,1-2H3,(H2,17,18,19,20). The van der Waals surface area contributed by atoms with E-state index < -0.39 is 0 Å². The van der Waals surface area contributed by atoms with Crippen LogP contribution in [-0.4, -0.2) is 22.5 Å². The van der Waals surface area contributed by atoms with Crippen molar-refractivity contribution in [1.82, 2.24) is 15.3 Å². The van der Waals surface area contributed by atoms with Crippen molar-refractivity contribution in [2.75, 3.05) is 11.9 Å². The molecular weight excluding hydrogens is 252 g/mol. The highest BCUT2D eigenvalue weighted by molar-refractivity contribution is 5.88. The van der Waals surface area contributed by atoms with Crippen molar-refractivity contribution < 1.29 is 4.79 Å². The third-order valence-corrected chi connectivity index (χ3v) is 3.05. The summed E-state index contributed by atoms with van der Waals surface area (Å²) in [5.74, 6) is 0.433. The molecule has 2 rings (SSSR count). The predicted molar refractivity (Wildman–Crippen MR) is 78.5 cm³/mol.